The minimum absolute atomic E-state index is 0.0199. The van der Waals surface area contributed by atoms with E-state index in [0.717, 1.165) is 9.37 Å². The van der Waals surface area contributed by atoms with Crippen molar-refractivity contribution in [2.75, 3.05) is 17.1 Å². The van der Waals surface area contributed by atoms with E-state index in [9.17, 15) is 14.7 Å². The Morgan fingerprint density at radius 3 is 2.34 bits per heavy atom. The number of anilines is 2. The lowest BCUT2D eigenvalue weighted by Crippen LogP contribution is -2.37. The number of hydrogen-bond acceptors (Lipinski definition) is 6. The third-order valence-electron chi connectivity index (χ3n) is 5.76. The number of hydroxylamine groups is 1. The minimum atomic E-state index is -1.01. The van der Waals surface area contributed by atoms with Crippen LogP contribution in [0, 0.1) is 5.92 Å². The van der Waals surface area contributed by atoms with Crippen LogP contribution < -0.4 is 14.7 Å². The first kappa shape index (κ1) is 20.5. The quantitative estimate of drug-likeness (QED) is 0.547. The zero-order chi connectivity index (χ0) is 22.4. The largest absolute Gasteiger partial charge is 0.508 e. The molecular weight excluding hydrogens is 476 g/mol. The van der Waals surface area contributed by atoms with E-state index < -0.39 is 24.0 Å². The van der Waals surface area contributed by atoms with Crippen LogP contribution in [0.4, 0.5) is 11.4 Å². The number of carbonyl (C=O) groups excluding carboxylic acids is 2. The Kier molecular flexibility index (Phi) is 5.11. The van der Waals surface area contributed by atoms with Crippen LogP contribution in [0.2, 0.25) is 0 Å². The highest BCUT2D eigenvalue weighted by molar-refractivity contribution is 9.10. The Bertz CT molecular complexity index is 1180. The molecule has 3 aromatic rings. The second-order valence-corrected chi connectivity index (χ2v) is 8.49. The summed E-state index contributed by atoms with van der Waals surface area (Å²) in [6.45, 7) is 0. The van der Waals surface area contributed by atoms with Gasteiger partial charge >= 0.3 is 0 Å². The van der Waals surface area contributed by atoms with Gasteiger partial charge in [0.1, 0.15) is 17.4 Å². The fourth-order valence-corrected chi connectivity index (χ4v) is 4.66. The number of amides is 2. The summed E-state index contributed by atoms with van der Waals surface area (Å²) >= 11 is 3.44. The number of rotatable bonds is 4. The fourth-order valence-electron chi connectivity index (χ4n) is 4.28. The van der Waals surface area contributed by atoms with E-state index in [-0.39, 0.29) is 11.7 Å². The molecule has 2 aliphatic heterocycles. The van der Waals surface area contributed by atoms with Crippen LogP contribution in [0.25, 0.3) is 0 Å². The highest BCUT2D eigenvalue weighted by Gasteiger charge is 2.60. The standard InChI is InChI=1S/C24H19BrN2O5/c1-31-17-10-8-15(9-11-17)26-23(29)20-21(18-13-14(25)7-12-19(18)28)27(32-22(20)24(26)30)16-5-3-2-4-6-16/h2-13,20-22,28H,1H3/t20-,21-,22-/m0/s1. The molecule has 162 valence electrons. The van der Waals surface area contributed by atoms with E-state index in [0.29, 0.717) is 22.7 Å². The SMILES string of the molecule is COc1ccc(N2C(=O)[C@@H]3[C@H](ON(c4ccccc4)[C@H]3c3cc(Br)ccc3O)C2=O)cc1. The van der Waals surface area contributed by atoms with Crippen molar-refractivity contribution in [3.05, 3.63) is 82.8 Å². The van der Waals surface area contributed by atoms with Gasteiger partial charge in [0.15, 0.2) is 6.10 Å². The smallest absolute Gasteiger partial charge is 0.266 e. The lowest BCUT2D eigenvalue weighted by molar-refractivity contribution is -0.126. The highest BCUT2D eigenvalue weighted by Crippen LogP contribution is 2.49. The number of phenols is 1. The van der Waals surface area contributed by atoms with Gasteiger partial charge in [0.25, 0.3) is 5.91 Å². The molecule has 0 spiro atoms. The average molecular weight is 495 g/mol. The summed E-state index contributed by atoms with van der Waals surface area (Å²) < 4.78 is 5.91. The van der Waals surface area contributed by atoms with E-state index in [1.54, 1.807) is 54.6 Å². The predicted molar refractivity (Wildman–Crippen MR) is 121 cm³/mol. The maximum Gasteiger partial charge on any atom is 0.266 e. The molecule has 0 bridgehead atoms. The summed E-state index contributed by atoms with van der Waals surface area (Å²) in [7, 11) is 1.55. The van der Waals surface area contributed by atoms with Crippen LogP contribution in [-0.4, -0.2) is 30.1 Å². The second-order valence-electron chi connectivity index (χ2n) is 7.57. The number of para-hydroxylation sites is 1. The zero-order valence-electron chi connectivity index (χ0n) is 17.0. The highest BCUT2D eigenvalue weighted by atomic mass is 79.9. The molecule has 8 heteroatoms. The molecule has 32 heavy (non-hydrogen) atoms. The molecule has 2 aliphatic rings. The lowest BCUT2D eigenvalue weighted by atomic mass is 9.90. The number of ether oxygens (including phenoxy) is 1. The van der Waals surface area contributed by atoms with E-state index in [4.69, 9.17) is 9.57 Å². The van der Waals surface area contributed by atoms with Crippen molar-refractivity contribution < 1.29 is 24.3 Å². The number of nitrogens with zero attached hydrogens (tertiary/aromatic N) is 2. The molecule has 2 fully saturated rings. The van der Waals surface area contributed by atoms with Crippen LogP contribution in [0.1, 0.15) is 11.6 Å². The van der Waals surface area contributed by atoms with Crippen LogP contribution in [0.3, 0.4) is 0 Å². The Labute approximate surface area is 192 Å². The summed E-state index contributed by atoms with van der Waals surface area (Å²) in [6, 6.07) is 20.3. The third-order valence-corrected chi connectivity index (χ3v) is 6.26. The zero-order valence-corrected chi connectivity index (χ0v) is 18.6. The van der Waals surface area contributed by atoms with Gasteiger partial charge in [-0.2, -0.15) is 0 Å². The van der Waals surface area contributed by atoms with Crippen molar-refractivity contribution in [1.29, 1.82) is 0 Å². The summed E-state index contributed by atoms with van der Waals surface area (Å²) in [4.78, 5) is 34.1. The molecule has 2 heterocycles. The van der Waals surface area contributed by atoms with Gasteiger partial charge in [-0.25, -0.2) is 9.96 Å². The Morgan fingerprint density at radius 2 is 1.66 bits per heavy atom. The number of imide groups is 1. The van der Waals surface area contributed by atoms with Crippen molar-refractivity contribution in [1.82, 2.24) is 0 Å². The molecule has 1 N–H and O–H groups in total. The molecule has 0 radical (unpaired) electrons. The Balaban J connectivity index is 1.59. The van der Waals surface area contributed by atoms with Gasteiger partial charge in [0.05, 0.1) is 24.5 Å². The van der Waals surface area contributed by atoms with Crippen molar-refractivity contribution in [3.8, 4) is 11.5 Å². The summed E-state index contributed by atoms with van der Waals surface area (Å²) in [6.07, 6.45) is -1.01. The Morgan fingerprint density at radius 1 is 0.938 bits per heavy atom. The third kappa shape index (κ3) is 3.23. The first-order valence-corrected chi connectivity index (χ1v) is 10.8. The average Bonchev–Trinajstić information content (AvgIpc) is 3.32. The van der Waals surface area contributed by atoms with Crippen molar-refractivity contribution >= 4 is 39.1 Å². The van der Waals surface area contributed by atoms with Gasteiger partial charge in [-0.05, 0) is 54.6 Å². The van der Waals surface area contributed by atoms with Crippen molar-refractivity contribution in [2.45, 2.75) is 12.1 Å². The van der Waals surface area contributed by atoms with Crippen molar-refractivity contribution in [3.63, 3.8) is 0 Å². The van der Waals surface area contributed by atoms with Gasteiger partial charge in [-0.1, -0.05) is 34.1 Å². The first-order valence-electron chi connectivity index (χ1n) is 10.0. The summed E-state index contributed by atoms with van der Waals surface area (Å²) in [5.74, 6) is -1.01. The van der Waals surface area contributed by atoms with Gasteiger partial charge in [0, 0.05) is 10.0 Å². The van der Waals surface area contributed by atoms with Gasteiger partial charge in [-0.15, -0.1) is 0 Å². The number of hydrogen-bond donors (Lipinski definition) is 1. The monoisotopic (exact) mass is 494 g/mol. The topological polar surface area (TPSA) is 79.3 Å². The van der Waals surface area contributed by atoms with Gasteiger partial charge in [-0.3, -0.25) is 14.4 Å². The number of halogens is 1. The molecule has 0 saturated carbocycles. The molecule has 2 amide bonds. The van der Waals surface area contributed by atoms with Gasteiger partial charge in [0.2, 0.25) is 5.91 Å². The molecule has 5 rings (SSSR count). The predicted octanol–water partition coefficient (Wildman–Crippen LogP) is 4.21. The van der Waals surface area contributed by atoms with E-state index in [1.165, 1.54) is 0 Å². The number of phenolic OH excluding ortho intramolecular Hbond substituents is 1. The van der Waals surface area contributed by atoms with Crippen LogP contribution in [0.15, 0.2) is 77.3 Å². The molecule has 0 aliphatic carbocycles. The number of benzene rings is 3. The van der Waals surface area contributed by atoms with Crippen LogP contribution >= 0.6 is 15.9 Å². The second kappa shape index (κ2) is 7.96. The molecule has 3 atom stereocenters. The van der Waals surface area contributed by atoms with Gasteiger partial charge < -0.3 is 9.84 Å². The number of aromatic hydroxyl groups is 1. The molecular formula is C24H19BrN2O5. The van der Waals surface area contributed by atoms with Crippen LogP contribution in [-0.2, 0) is 14.4 Å². The minimum Gasteiger partial charge on any atom is -0.508 e. The van der Waals surface area contributed by atoms with E-state index in [1.807, 2.05) is 30.3 Å². The maximum atomic E-state index is 13.6. The number of carbonyl (C=O) groups is 2. The molecule has 0 aromatic heterocycles. The summed E-state index contributed by atoms with van der Waals surface area (Å²) in [5.41, 5.74) is 1.62. The summed E-state index contributed by atoms with van der Waals surface area (Å²) in [5, 5.41) is 12.2. The first-order chi connectivity index (χ1) is 15.5. The molecule has 0 unspecified atom stereocenters. The van der Waals surface area contributed by atoms with E-state index >= 15 is 0 Å². The fraction of sp³-hybridized carbons (Fsp3) is 0.167. The molecule has 3 aromatic carbocycles. The maximum absolute atomic E-state index is 13.6. The normalized spacial score (nSPS) is 22.4. The molecule has 2 saturated heterocycles. The number of methoxy groups -OCH3 is 1. The van der Waals surface area contributed by atoms with E-state index in [2.05, 4.69) is 15.9 Å². The van der Waals surface area contributed by atoms with Crippen LogP contribution in [0.5, 0.6) is 11.5 Å². The lowest BCUT2D eigenvalue weighted by Gasteiger charge is -2.29. The Hall–Kier alpha value is -3.36. The molecule has 7 nitrogen and oxygen atoms in total. The van der Waals surface area contributed by atoms with Crippen molar-refractivity contribution in [2.24, 2.45) is 5.92 Å². The number of fused-ring (bicyclic) bond motifs is 1.